The van der Waals surface area contributed by atoms with Gasteiger partial charge in [-0.2, -0.15) is 5.10 Å². The van der Waals surface area contributed by atoms with E-state index in [1.807, 2.05) is 25.1 Å². The van der Waals surface area contributed by atoms with Gasteiger partial charge < -0.3 is 15.0 Å². The molecule has 1 N–H and O–H groups in total. The number of anilines is 2. The predicted octanol–water partition coefficient (Wildman–Crippen LogP) is 3.56. The van der Waals surface area contributed by atoms with Crippen LogP contribution in [-0.4, -0.2) is 42.0 Å². The third-order valence-corrected chi connectivity index (χ3v) is 5.18. The summed E-state index contributed by atoms with van der Waals surface area (Å²) in [6, 6.07) is 8.06. The van der Waals surface area contributed by atoms with E-state index >= 15 is 0 Å². The highest BCUT2D eigenvalue weighted by Gasteiger charge is 2.15. The van der Waals surface area contributed by atoms with Crippen LogP contribution in [0.1, 0.15) is 37.2 Å². The number of aryl methyl sites for hydroxylation is 1. The number of nitrogens with one attached hydrogen (secondary N) is 1. The zero-order valence-corrected chi connectivity index (χ0v) is 17.5. The second-order valence-corrected chi connectivity index (χ2v) is 7.92. The van der Waals surface area contributed by atoms with Gasteiger partial charge in [0.1, 0.15) is 0 Å². The highest BCUT2D eigenvalue weighted by atomic mass is 16.5. The van der Waals surface area contributed by atoms with E-state index < -0.39 is 0 Å². The Kier molecular flexibility index (Phi) is 6.73. The fourth-order valence-corrected chi connectivity index (χ4v) is 3.68. The average Bonchev–Trinajstić information content (AvgIpc) is 2.93. The minimum absolute atomic E-state index is 0.0366. The van der Waals surface area contributed by atoms with E-state index in [4.69, 9.17) is 4.74 Å². The van der Waals surface area contributed by atoms with Crippen molar-refractivity contribution >= 4 is 17.3 Å². The molecule has 2 heterocycles. The van der Waals surface area contributed by atoms with Crippen LogP contribution in [0.3, 0.4) is 0 Å². The van der Waals surface area contributed by atoms with Gasteiger partial charge in [0.2, 0.25) is 5.91 Å². The van der Waals surface area contributed by atoms with Gasteiger partial charge in [0.25, 0.3) is 0 Å². The maximum Gasteiger partial charge on any atom is 0.224 e. The molecule has 1 aliphatic heterocycles. The van der Waals surface area contributed by atoms with Gasteiger partial charge in [0.05, 0.1) is 18.9 Å². The van der Waals surface area contributed by atoms with Crippen molar-refractivity contribution < 1.29 is 9.53 Å². The van der Waals surface area contributed by atoms with Crippen LogP contribution in [-0.2, 0) is 22.5 Å². The molecule has 0 radical (unpaired) electrons. The van der Waals surface area contributed by atoms with Crippen LogP contribution in [0.2, 0.25) is 0 Å². The molecule has 6 heteroatoms. The van der Waals surface area contributed by atoms with Crippen molar-refractivity contribution in [3.8, 4) is 0 Å². The second kappa shape index (κ2) is 9.24. The Morgan fingerprint density at radius 3 is 2.71 bits per heavy atom. The van der Waals surface area contributed by atoms with Crippen LogP contribution in [0, 0.1) is 19.8 Å². The number of hydrogen-bond acceptors (Lipinski definition) is 4. The number of rotatable bonds is 7. The van der Waals surface area contributed by atoms with Gasteiger partial charge in [0.15, 0.2) is 0 Å². The standard InChI is InChI=1S/C22H32N4O2/c1-16(2)15-26-18(4)21(17(3)24-26)8-9-22(27)23-19-6-5-7-20(14-19)25-10-12-28-13-11-25/h5-7,14,16H,8-13,15H2,1-4H3,(H,23,27). The van der Waals surface area contributed by atoms with E-state index in [1.54, 1.807) is 0 Å². The van der Waals surface area contributed by atoms with Gasteiger partial charge in [-0.05, 0) is 49.9 Å². The Labute approximate surface area is 167 Å². The first-order valence-electron chi connectivity index (χ1n) is 10.2. The maximum atomic E-state index is 12.5. The summed E-state index contributed by atoms with van der Waals surface area (Å²) in [6.45, 7) is 12.7. The largest absolute Gasteiger partial charge is 0.378 e. The molecule has 0 saturated carbocycles. The molecule has 28 heavy (non-hydrogen) atoms. The lowest BCUT2D eigenvalue weighted by molar-refractivity contribution is -0.116. The molecule has 0 atom stereocenters. The highest BCUT2D eigenvalue weighted by Crippen LogP contribution is 2.21. The number of carbonyl (C=O) groups is 1. The molecule has 3 rings (SSSR count). The maximum absolute atomic E-state index is 12.5. The van der Waals surface area contributed by atoms with Gasteiger partial charge in [-0.1, -0.05) is 19.9 Å². The number of benzene rings is 1. The third kappa shape index (κ3) is 5.13. The molecule has 6 nitrogen and oxygen atoms in total. The van der Waals surface area contributed by atoms with Crippen LogP contribution in [0.25, 0.3) is 0 Å². The number of carbonyl (C=O) groups excluding carboxylic acids is 1. The molecule has 0 unspecified atom stereocenters. The van der Waals surface area contributed by atoms with Gasteiger partial charge in [0, 0.05) is 43.1 Å². The smallest absolute Gasteiger partial charge is 0.224 e. The summed E-state index contributed by atoms with van der Waals surface area (Å²) in [7, 11) is 0. The van der Waals surface area contributed by atoms with Crippen molar-refractivity contribution in [1.29, 1.82) is 0 Å². The lowest BCUT2D eigenvalue weighted by atomic mass is 10.1. The number of nitrogens with zero attached hydrogens (tertiary/aromatic N) is 3. The predicted molar refractivity (Wildman–Crippen MR) is 113 cm³/mol. The fourth-order valence-electron chi connectivity index (χ4n) is 3.68. The monoisotopic (exact) mass is 384 g/mol. The molecule has 152 valence electrons. The number of morpholine rings is 1. The van der Waals surface area contributed by atoms with Crippen molar-refractivity contribution in [2.45, 2.75) is 47.1 Å². The minimum Gasteiger partial charge on any atom is -0.378 e. The summed E-state index contributed by atoms with van der Waals surface area (Å²) in [5.41, 5.74) is 5.37. The molecule has 1 saturated heterocycles. The van der Waals surface area contributed by atoms with Crippen molar-refractivity contribution in [2.24, 2.45) is 5.92 Å². The van der Waals surface area contributed by atoms with Crippen LogP contribution < -0.4 is 10.2 Å². The molecular weight excluding hydrogens is 352 g/mol. The van der Waals surface area contributed by atoms with Crippen molar-refractivity contribution in [1.82, 2.24) is 9.78 Å². The molecular formula is C22H32N4O2. The molecule has 1 aliphatic rings. The van der Waals surface area contributed by atoms with E-state index in [9.17, 15) is 4.79 Å². The summed E-state index contributed by atoms with van der Waals surface area (Å²) in [5, 5.41) is 7.69. The summed E-state index contributed by atoms with van der Waals surface area (Å²) in [5.74, 6) is 0.586. The lowest BCUT2D eigenvalue weighted by Gasteiger charge is -2.29. The van der Waals surface area contributed by atoms with E-state index in [-0.39, 0.29) is 5.91 Å². The van der Waals surface area contributed by atoms with Crippen LogP contribution in [0.5, 0.6) is 0 Å². The summed E-state index contributed by atoms with van der Waals surface area (Å²) in [6.07, 6.45) is 1.17. The molecule has 1 fully saturated rings. The molecule has 2 aromatic rings. The topological polar surface area (TPSA) is 59.4 Å². The fraction of sp³-hybridized carbons (Fsp3) is 0.545. The first-order valence-corrected chi connectivity index (χ1v) is 10.2. The highest BCUT2D eigenvalue weighted by molar-refractivity contribution is 5.91. The molecule has 1 aromatic heterocycles. The van der Waals surface area contributed by atoms with Crippen LogP contribution in [0.15, 0.2) is 24.3 Å². The SMILES string of the molecule is Cc1nn(CC(C)C)c(C)c1CCC(=O)Nc1cccc(N2CCOCC2)c1. The first-order chi connectivity index (χ1) is 13.4. The Morgan fingerprint density at radius 1 is 1.25 bits per heavy atom. The van der Waals surface area contributed by atoms with Crippen molar-refractivity contribution in [3.05, 3.63) is 41.2 Å². The first kappa shape index (κ1) is 20.4. The van der Waals surface area contributed by atoms with Gasteiger partial charge >= 0.3 is 0 Å². The molecule has 1 aromatic carbocycles. The molecule has 0 spiro atoms. The van der Waals surface area contributed by atoms with E-state index in [2.05, 4.69) is 46.8 Å². The van der Waals surface area contributed by atoms with Crippen LogP contribution >= 0.6 is 0 Å². The Hall–Kier alpha value is -2.34. The van der Waals surface area contributed by atoms with Crippen molar-refractivity contribution in [2.75, 3.05) is 36.5 Å². The average molecular weight is 385 g/mol. The summed E-state index contributed by atoms with van der Waals surface area (Å²) >= 11 is 0. The Morgan fingerprint density at radius 2 is 2.00 bits per heavy atom. The quantitative estimate of drug-likeness (QED) is 0.793. The van der Waals surface area contributed by atoms with E-state index in [1.165, 1.54) is 11.3 Å². The minimum atomic E-state index is 0.0366. The van der Waals surface area contributed by atoms with Gasteiger partial charge in [-0.3, -0.25) is 9.48 Å². The Bertz CT molecular complexity index is 807. The summed E-state index contributed by atoms with van der Waals surface area (Å²) in [4.78, 5) is 14.8. The second-order valence-electron chi connectivity index (χ2n) is 7.92. The van der Waals surface area contributed by atoms with Gasteiger partial charge in [-0.25, -0.2) is 0 Å². The Balaban J connectivity index is 1.58. The van der Waals surface area contributed by atoms with E-state index in [0.29, 0.717) is 18.8 Å². The summed E-state index contributed by atoms with van der Waals surface area (Å²) < 4.78 is 7.48. The van der Waals surface area contributed by atoms with Crippen LogP contribution in [0.4, 0.5) is 11.4 Å². The van der Waals surface area contributed by atoms with E-state index in [0.717, 1.165) is 49.9 Å². The number of hydrogen-bond donors (Lipinski definition) is 1. The van der Waals surface area contributed by atoms with Gasteiger partial charge in [-0.15, -0.1) is 0 Å². The molecule has 0 bridgehead atoms. The normalized spacial score (nSPS) is 14.5. The third-order valence-electron chi connectivity index (χ3n) is 5.18. The molecule has 1 amide bonds. The number of amides is 1. The number of aromatic nitrogens is 2. The number of ether oxygens (including phenoxy) is 1. The van der Waals surface area contributed by atoms with Crippen molar-refractivity contribution in [3.63, 3.8) is 0 Å². The zero-order chi connectivity index (χ0) is 20.1. The lowest BCUT2D eigenvalue weighted by Crippen LogP contribution is -2.36. The molecule has 0 aliphatic carbocycles. The zero-order valence-electron chi connectivity index (χ0n) is 17.5.